The van der Waals surface area contributed by atoms with Gasteiger partial charge in [-0.3, -0.25) is 37.3 Å². The Balaban J connectivity index is 5.25. The summed E-state index contributed by atoms with van der Waals surface area (Å²) in [5.41, 5.74) is 0. The number of esters is 4. The van der Waals surface area contributed by atoms with E-state index in [2.05, 4.69) is 55.4 Å². The summed E-state index contributed by atoms with van der Waals surface area (Å²) in [4.78, 5) is 72.8. The number of hydrogen-bond donors (Lipinski definition) is 3. The molecule has 0 spiro atoms. The number of carbonyl (C=O) groups is 4. The first-order valence-electron chi connectivity index (χ1n) is 38.7. The van der Waals surface area contributed by atoms with Crippen molar-refractivity contribution in [2.45, 2.75) is 395 Å². The molecule has 0 aromatic carbocycles. The molecule has 3 N–H and O–H groups in total. The van der Waals surface area contributed by atoms with Gasteiger partial charge in [0.2, 0.25) is 0 Å². The first-order valence-corrected chi connectivity index (χ1v) is 41.7. The zero-order valence-electron chi connectivity index (χ0n) is 61.6. The topological polar surface area (TPSA) is 237 Å². The van der Waals surface area contributed by atoms with Crippen molar-refractivity contribution in [2.24, 2.45) is 23.7 Å². The highest BCUT2D eigenvalue weighted by Crippen LogP contribution is 2.45. The maximum atomic E-state index is 13.1. The molecule has 0 aliphatic rings. The van der Waals surface area contributed by atoms with Crippen LogP contribution in [0.2, 0.25) is 0 Å². The monoisotopic (exact) mass is 1380 g/mol. The van der Waals surface area contributed by atoms with E-state index in [0.717, 1.165) is 114 Å². The van der Waals surface area contributed by atoms with Crippen molar-refractivity contribution in [1.29, 1.82) is 0 Å². The third-order valence-corrected chi connectivity index (χ3v) is 19.6. The number of carbonyl (C=O) groups excluding carboxylic acids is 4. The molecular formula is C75H146O17P2. The fraction of sp³-hybridized carbons (Fsp3) is 0.947. The number of ether oxygens (including phenoxy) is 4. The normalized spacial score (nSPS) is 14.4. The molecule has 0 amide bonds. The van der Waals surface area contributed by atoms with Crippen molar-refractivity contribution in [3.05, 3.63) is 0 Å². The number of phosphoric ester groups is 2. The van der Waals surface area contributed by atoms with E-state index >= 15 is 0 Å². The fourth-order valence-electron chi connectivity index (χ4n) is 11.3. The Morgan fingerprint density at radius 2 is 0.511 bits per heavy atom. The van der Waals surface area contributed by atoms with Crippen molar-refractivity contribution in [3.8, 4) is 0 Å². The summed E-state index contributed by atoms with van der Waals surface area (Å²) in [5.74, 6) is 0.927. The van der Waals surface area contributed by atoms with Gasteiger partial charge in [0.15, 0.2) is 12.2 Å². The number of hydrogen-bond acceptors (Lipinski definition) is 15. The second-order valence-electron chi connectivity index (χ2n) is 28.7. The maximum Gasteiger partial charge on any atom is 0.472 e. The SMILES string of the molecule is CCC(C)CCCCCCCCCCCCC(=O)O[C@H](COC(=O)CCCCCCCCC(C)C)COP(=O)(O)OC[C@H](O)COP(=O)(O)OC[C@@H](COC(=O)CCCCCCCCCCCCCCCC(C)C)OC(=O)CCCCCCCCCCCCCCC(C)C. The van der Waals surface area contributed by atoms with E-state index in [4.69, 9.17) is 37.0 Å². The number of unbranched alkanes of at least 4 members (excludes halogenated alkanes) is 37. The van der Waals surface area contributed by atoms with Gasteiger partial charge in [-0.25, -0.2) is 9.13 Å². The van der Waals surface area contributed by atoms with Crippen LogP contribution in [-0.4, -0.2) is 96.7 Å². The van der Waals surface area contributed by atoms with E-state index in [1.165, 1.54) is 173 Å². The fourth-order valence-corrected chi connectivity index (χ4v) is 12.9. The lowest BCUT2D eigenvalue weighted by Crippen LogP contribution is -2.30. The highest BCUT2D eigenvalue weighted by Gasteiger charge is 2.30. The van der Waals surface area contributed by atoms with Crippen molar-refractivity contribution in [1.82, 2.24) is 0 Å². The molecule has 0 saturated heterocycles. The van der Waals surface area contributed by atoms with Crippen LogP contribution in [0.3, 0.4) is 0 Å². The van der Waals surface area contributed by atoms with Gasteiger partial charge in [0.1, 0.15) is 19.3 Å². The summed E-state index contributed by atoms with van der Waals surface area (Å²) in [6, 6.07) is 0. The molecule has 0 rings (SSSR count). The standard InChI is InChI=1S/C75H146O17P2/c1-9-68(8)54-46-38-29-23-19-20-26-32-42-50-58-75(80)92-71(62-86-73(78)56-48-40-34-33-37-45-53-67(6)7)64-90-94(83,84)88-60-69(76)59-87-93(81,82)89-63-70(91-74(79)57-49-41-31-25-18-14-13-16-22-28-36-44-52-66(4)5)61-85-72(77)55-47-39-30-24-17-12-10-11-15-21-27-35-43-51-65(2)3/h65-71,76H,9-64H2,1-8H3,(H,81,82)(H,83,84)/t68?,69-,70-,71-/m1/s1. The van der Waals surface area contributed by atoms with Crippen LogP contribution in [0.25, 0.3) is 0 Å². The predicted octanol–water partition coefficient (Wildman–Crippen LogP) is 21.7. The van der Waals surface area contributed by atoms with E-state index < -0.39 is 97.5 Å². The average Bonchev–Trinajstić information content (AvgIpc) is 1.15. The lowest BCUT2D eigenvalue weighted by atomic mass is 9.99. The number of phosphoric acid groups is 2. The van der Waals surface area contributed by atoms with E-state index in [1.807, 2.05) is 0 Å². The molecule has 558 valence electrons. The molecule has 0 heterocycles. The number of aliphatic hydroxyl groups is 1. The molecule has 94 heavy (non-hydrogen) atoms. The van der Waals surface area contributed by atoms with Crippen LogP contribution in [0.4, 0.5) is 0 Å². The van der Waals surface area contributed by atoms with Gasteiger partial charge in [0, 0.05) is 25.7 Å². The van der Waals surface area contributed by atoms with Crippen LogP contribution in [-0.2, 0) is 65.4 Å². The first kappa shape index (κ1) is 92.1. The molecule has 19 heteroatoms. The minimum atomic E-state index is -4.96. The van der Waals surface area contributed by atoms with Crippen molar-refractivity contribution < 1.29 is 80.2 Å². The van der Waals surface area contributed by atoms with Crippen LogP contribution in [0, 0.1) is 23.7 Å². The molecule has 0 radical (unpaired) electrons. The van der Waals surface area contributed by atoms with Crippen LogP contribution in [0.5, 0.6) is 0 Å². The Kier molecular flexibility index (Phi) is 63.1. The van der Waals surface area contributed by atoms with Crippen LogP contribution in [0.15, 0.2) is 0 Å². The zero-order valence-corrected chi connectivity index (χ0v) is 63.4. The Bertz CT molecular complexity index is 1850. The summed E-state index contributed by atoms with van der Waals surface area (Å²) < 4.78 is 68.5. The lowest BCUT2D eigenvalue weighted by Gasteiger charge is -2.21. The van der Waals surface area contributed by atoms with Crippen molar-refractivity contribution >= 4 is 39.5 Å². The molecule has 3 unspecified atom stereocenters. The van der Waals surface area contributed by atoms with Crippen LogP contribution in [0.1, 0.15) is 376 Å². The highest BCUT2D eigenvalue weighted by atomic mass is 31.2. The molecule has 0 aliphatic heterocycles. The molecule has 0 aliphatic carbocycles. The van der Waals surface area contributed by atoms with Crippen molar-refractivity contribution in [3.63, 3.8) is 0 Å². The zero-order chi connectivity index (χ0) is 69.6. The average molecular weight is 1380 g/mol. The summed E-state index contributed by atoms with van der Waals surface area (Å²) in [6.45, 7) is 14.2. The Hall–Kier alpha value is -1.94. The van der Waals surface area contributed by atoms with Gasteiger partial charge in [-0.05, 0) is 49.4 Å². The van der Waals surface area contributed by atoms with E-state index in [9.17, 15) is 43.2 Å². The quantitative estimate of drug-likeness (QED) is 0.0222. The summed E-state index contributed by atoms with van der Waals surface area (Å²) >= 11 is 0. The second-order valence-corrected chi connectivity index (χ2v) is 31.6. The summed E-state index contributed by atoms with van der Waals surface area (Å²) in [5, 5.41) is 10.6. The predicted molar refractivity (Wildman–Crippen MR) is 381 cm³/mol. The van der Waals surface area contributed by atoms with Crippen molar-refractivity contribution in [2.75, 3.05) is 39.6 Å². The third kappa shape index (κ3) is 67.3. The van der Waals surface area contributed by atoms with Crippen LogP contribution < -0.4 is 0 Å². The van der Waals surface area contributed by atoms with E-state index in [1.54, 1.807) is 0 Å². The minimum Gasteiger partial charge on any atom is -0.462 e. The molecule has 0 bridgehead atoms. The second kappa shape index (κ2) is 64.4. The first-order chi connectivity index (χ1) is 45.1. The highest BCUT2D eigenvalue weighted by molar-refractivity contribution is 7.47. The van der Waals surface area contributed by atoms with Gasteiger partial charge in [-0.15, -0.1) is 0 Å². The van der Waals surface area contributed by atoms with Gasteiger partial charge in [-0.2, -0.15) is 0 Å². The number of aliphatic hydroxyl groups excluding tert-OH is 1. The lowest BCUT2D eigenvalue weighted by molar-refractivity contribution is -0.161. The van der Waals surface area contributed by atoms with Gasteiger partial charge in [0.25, 0.3) is 0 Å². The Labute approximate surface area is 575 Å². The summed E-state index contributed by atoms with van der Waals surface area (Å²) in [6.07, 6.45) is 48.6. The Morgan fingerprint density at radius 1 is 0.298 bits per heavy atom. The minimum absolute atomic E-state index is 0.105. The third-order valence-electron chi connectivity index (χ3n) is 17.7. The van der Waals surface area contributed by atoms with Gasteiger partial charge in [0.05, 0.1) is 26.4 Å². The van der Waals surface area contributed by atoms with E-state index in [0.29, 0.717) is 31.6 Å². The van der Waals surface area contributed by atoms with E-state index in [-0.39, 0.29) is 25.7 Å². The molecule has 0 aromatic rings. The molecule has 0 aromatic heterocycles. The van der Waals surface area contributed by atoms with Gasteiger partial charge in [-0.1, -0.05) is 325 Å². The Morgan fingerprint density at radius 3 is 0.755 bits per heavy atom. The molecular weight excluding hydrogens is 1230 g/mol. The summed E-state index contributed by atoms with van der Waals surface area (Å²) in [7, 11) is -9.91. The molecule has 6 atom stereocenters. The van der Waals surface area contributed by atoms with Crippen LogP contribution >= 0.6 is 15.6 Å². The van der Waals surface area contributed by atoms with Gasteiger partial charge >= 0.3 is 39.5 Å². The maximum absolute atomic E-state index is 13.1. The number of rotatable bonds is 72. The van der Waals surface area contributed by atoms with Gasteiger partial charge < -0.3 is 33.8 Å². The molecule has 0 saturated carbocycles. The smallest absolute Gasteiger partial charge is 0.462 e. The molecule has 0 fully saturated rings. The largest absolute Gasteiger partial charge is 0.472 e. The molecule has 17 nitrogen and oxygen atoms in total.